The van der Waals surface area contributed by atoms with Crippen LogP contribution in [0.3, 0.4) is 0 Å². The standard InChI is InChI=1S/C15H11NS/c1-2-11-7-5-9-16-15(11)14-10-12-6-3-4-8-13(12)17-14/h2-10H,1H2. The molecule has 0 aliphatic heterocycles. The van der Waals surface area contributed by atoms with Crippen molar-refractivity contribution in [3.8, 4) is 10.6 Å². The molecule has 0 fully saturated rings. The summed E-state index contributed by atoms with van der Waals surface area (Å²) in [5.41, 5.74) is 2.10. The van der Waals surface area contributed by atoms with Crippen molar-refractivity contribution < 1.29 is 0 Å². The van der Waals surface area contributed by atoms with E-state index < -0.39 is 0 Å². The van der Waals surface area contributed by atoms with Gasteiger partial charge in [0.25, 0.3) is 0 Å². The van der Waals surface area contributed by atoms with Gasteiger partial charge in [0.2, 0.25) is 0 Å². The lowest BCUT2D eigenvalue weighted by Gasteiger charge is -2.00. The van der Waals surface area contributed by atoms with Crippen molar-refractivity contribution in [3.05, 3.63) is 60.8 Å². The Hall–Kier alpha value is -1.93. The van der Waals surface area contributed by atoms with Crippen LogP contribution in [0.25, 0.3) is 26.7 Å². The number of thiophene rings is 1. The third-order valence-corrected chi connectivity index (χ3v) is 3.84. The zero-order chi connectivity index (χ0) is 11.7. The Kier molecular flexibility index (Phi) is 2.50. The van der Waals surface area contributed by atoms with Gasteiger partial charge in [-0.3, -0.25) is 4.98 Å². The van der Waals surface area contributed by atoms with Gasteiger partial charge in [-0.15, -0.1) is 11.3 Å². The molecule has 3 rings (SSSR count). The van der Waals surface area contributed by atoms with Gasteiger partial charge in [0.1, 0.15) is 0 Å². The number of rotatable bonds is 2. The third-order valence-electron chi connectivity index (χ3n) is 2.72. The quantitative estimate of drug-likeness (QED) is 0.634. The van der Waals surface area contributed by atoms with E-state index in [1.165, 1.54) is 15.0 Å². The fraction of sp³-hybridized carbons (Fsp3) is 0. The molecule has 0 atom stereocenters. The number of fused-ring (bicyclic) bond motifs is 1. The minimum atomic E-state index is 1.02. The Morgan fingerprint density at radius 2 is 2.00 bits per heavy atom. The molecule has 0 N–H and O–H groups in total. The van der Waals surface area contributed by atoms with E-state index in [2.05, 4.69) is 41.9 Å². The van der Waals surface area contributed by atoms with Gasteiger partial charge in [0.15, 0.2) is 0 Å². The van der Waals surface area contributed by atoms with Gasteiger partial charge in [-0.25, -0.2) is 0 Å². The fourth-order valence-corrected chi connectivity index (χ4v) is 2.97. The molecule has 82 valence electrons. The van der Waals surface area contributed by atoms with E-state index >= 15 is 0 Å². The normalized spacial score (nSPS) is 10.6. The maximum Gasteiger partial charge on any atom is 0.0874 e. The van der Waals surface area contributed by atoms with E-state index in [1.54, 1.807) is 11.3 Å². The van der Waals surface area contributed by atoms with Crippen molar-refractivity contribution in [2.24, 2.45) is 0 Å². The van der Waals surface area contributed by atoms with E-state index in [1.807, 2.05) is 24.4 Å². The lowest BCUT2D eigenvalue weighted by Crippen LogP contribution is -1.83. The predicted octanol–water partition coefficient (Wildman–Crippen LogP) is 4.61. The molecule has 2 heteroatoms. The summed E-state index contributed by atoms with van der Waals surface area (Å²) < 4.78 is 1.29. The molecule has 1 nitrogen and oxygen atoms in total. The van der Waals surface area contributed by atoms with Crippen LogP contribution in [0.4, 0.5) is 0 Å². The van der Waals surface area contributed by atoms with Crippen LogP contribution in [0.5, 0.6) is 0 Å². The van der Waals surface area contributed by atoms with Crippen molar-refractivity contribution in [2.45, 2.75) is 0 Å². The molecule has 1 aromatic carbocycles. The van der Waals surface area contributed by atoms with E-state index in [9.17, 15) is 0 Å². The average Bonchev–Trinajstić information content (AvgIpc) is 2.82. The summed E-state index contributed by atoms with van der Waals surface area (Å²) in [5, 5.41) is 1.27. The molecule has 0 saturated carbocycles. The summed E-state index contributed by atoms with van der Waals surface area (Å²) in [5.74, 6) is 0. The van der Waals surface area contributed by atoms with Crippen LogP contribution in [-0.2, 0) is 0 Å². The van der Waals surface area contributed by atoms with E-state index in [4.69, 9.17) is 0 Å². The van der Waals surface area contributed by atoms with E-state index in [0.29, 0.717) is 0 Å². The predicted molar refractivity (Wildman–Crippen MR) is 75.1 cm³/mol. The van der Waals surface area contributed by atoms with Gasteiger partial charge >= 0.3 is 0 Å². The summed E-state index contributed by atoms with van der Waals surface area (Å²) in [4.78, 5) is 5.65. The Balaban J connectivity index is 2.23. The molecule has 0 saturated heterocycles. The summed E-state index contributed by atoms with van der Waals surface area (Å²) in [7, 11) is 0. The fourth-order valence-electron chi connectivity index (χ4n) is 1.89. The Morgan fingerprint density at radius 1 is 1.12 bits per heavy atom. The zero-order valence-electron chi connectivity index (χ0n) is 9.26. The lowest BCUT2D eigenvalue weighted by atomic mass is 10.1. The number of pyridine rings is 1. The summed E-state index contributed by atoms with van der Waals surface area (Å²) >= 11 is 1.77. The highest BCUT2D eigenvalue weighted by atomic mass is 32.1. The molecule has 17 heavy (non-hydrogen) atoms. The minimum Gasteiger partial charge on any atom is -0.255 e. The van der Waals surface area contributed by atoms with Gasteiger partial charge in [-0.2, -0.15) is 0 Å². The molecule has 0 radical (unpaired) electrons. The van der Waals surface area contributed by atoms with Crippen LogP contribution in [0.2, 0.25) is 0 Å². The van der Waals surface area contributed by atoms with Crippen molar-refractivity contribution in [3.63, 3.8) is 0 Å². The van der Waals surface area contributed by atoms with Crippen LogP contribution in [0, 0.1) is 0 Å². The monoisotopic (exact) mass is 237 g/mol. The van der Waals surface area contributed by atoms with Crippen LogP contribution in [0.15, 0.2) is 55.2 Å². The number of hydrogen-bond donors (Lipinski definition) is 0. The lowest BCUT2D eigenvalue weighted by molar-refractivity contribution is 1.33. The molecule has 0 aliphatic carbocycles. The first kappa shape index (κ1) is 10.2. The highest BCUT2D eigenvalue weighted by molar-refractivity contribution is 7.22. The highest BCUT2D eigenvalue weighted by Crippen LogP contribution is 2.34. The molecule has 2 heterocycles. The molecular formula is C15H11NS. The summed E-state index contributed by atoms with van der Waals surface area (Å²) in [6.45, 7) is 3.84. The van der Waals surface area contributed by atoms with Crippen LogP contribution in [0.1, 0.15) is 5.56 Å². The second-order valence-electron chi connectivity index (χ2n) is 3.79. The number of nitrogens with zero attached hydrogens (tertiary/aromatic N) is 1. The van der Waals surface area contributed by atoms with Crippen LogP contribution >= 0.6 is 11.3 Å². The molecule has 0 aliphatic rings. The summed E-state index contributed by atoms with van der Waals surface area (Å²) in [6, 6.07) is 14.6. The van der Waals surface area contributed by atoms with Crippen molar-refractivity contribution in [2.75, 3.05) is 0 Å². The zero-order valence-corrected chi connectivity index (χ0v) is 10.1. The second-order valence-corrected chi connectivity index (χ2v) is 4.88. The first-order valence-corrected chi connectivity index (χ1v) is 6.26. The number of hydrogen-bond acceptors (Lipinski definition) is 2. The highest BCUT2D eigenvalue weighted by Gasteiger charge is 2.07. The van der Waals surface area contributed by atoms with E-state index in [-0.39, 0.29) is 0 Å². The molecular weight excluding hydrogens is 226 g/mol. The first-order chi connectivity index (χ1) is 8.38. The Labute approximate surface area is 104 Å². The van der Waals surface area contributed by atoms with Gasteiger partial charge in [-0.05, 0) is 23.6 Å². The molecule has 3 aromatic rings. The van der Waals surface area contributed by atoms with Gasteiger partial charge in [0, 0.05) is 16.5 Å². The van der Waals surface area contributed by atoms with Crippen molar-refractivity contribution >= 4 is 27.5 Å². The third kappa shape index (κ3) is 1.77. The van der Waals surface area contributed by atoms with Gasteiger partial charge in [0.05, 0.1) is 10.6 Å². The van der Waals surface area contributed by atoms with Gasteiger partial charge < -0.3 is 0 Å². The molecule has 0 bridgehead atoms. The van der Waals surface area contributed by atoms with Crippen LogP contribution in [-0.4, -0.2) is 4.98 Å². The van der Waals surface area contributed by atoms with Crippen molar-refractivity contribution in [1.29, 1.82) is 0 Å². The van der Waals surface area contributed by atoms with Gasteiger partial charge in [-0.1, -0.05) is 36.9 Å². The first-order valence-electron chi connectivity index (χ1n) is 5.45. The van der Waals surface area contributed by atoms with Crippen molar-refractivity contribution in [1.82, 2.24) is 4.98 Å². The smallest absolute Gasteiger partial charge is 0.0874 e. The Morgan fingerprint density at radius 3 is 2.82 bits per heavy atom. The molecule has 0 spiro atoms. The average molecular weight is 237 g/mol. The maximum absolute atomic E-state index is 4.45. The SMILES string of the molecule is C=Cc1cccnc1-c1cc2ccccc2s1. The number of benzene rings is 1. The summed E-state index contributed by atoms with van der Waals surface area (Å²) in [6.07, 6.45) is 3.68. The topological polar surface area (TPSA) is 12.9 Å². The number of aromatic nitrogens is 1. The van der Waals surface area contributed by atoms with Crippen LogP contribution < -0.4 is 0 Å². The largest absolute Gasteiger partial charge is 0.255 e. The molecule has 2 aromatic heterocycles. The molecule has 0 amide bonds. The molecule has 0 unspecified atom stereocenters. The van der Waals surface area contributed by atoms with E-state index in [0.717, 1.165) is 11.3 Å². The minimum absolute atomic E-state index is 1.02. The maximum atomic E-state index is 4.45. The second kappa shape index (κ2) is 4.15. The Bertz CT molecular complexity index is 649.